The molecule has 0 saturated heterocycles. The van der Waals surface area contributed by atoms with E-state index in [0.29, 0.717) is 0 Å². The van der Waals surface area contributed by atoms with Crippen molar-refractivity contribution >= 4 is 21.5 Å². The van der Waals surface area contributed by atoms with Gasteiger partial charge in [0.1, 0.15) is 0 Å². The topological polar surface area (TPSA) is 0 Å². The molecule has 0 radical (unpaired) electrons. The third-order valence-electron chi connectivity index (χ3n) is 7.43. The Hall–Kier alpha value is -2.61. The summed E-state index contributed by atoms with van der Waals surface area (Å²) in [7, 11) is 0. The molecule has 0 amide bonds. The number of benzene rings is 4. The average molecular weight is 656 g/mol. The fraction of sp³-hybridized carbons (Fsp3) is 0.220. The first-order valence-corrected chi connectivity index (χ1v) is 15.2. The van der Waals surface area contributed by atoms with Crippen LogP contribution in [0.15, 0.2) is 121 Å². The van der Waals surface area contributed by atoms with Gasteiger partial charge in [0.25, 0.3) is 0 Å². The van der Waals surface area contributed by atoms with Gasteiger partial charge in [0.2, 0.25) is 0 Å². The summed E-state index contributed by atoms with van der Waals surface area (Å²) in [6.07, 6.45) is 8.20. The van der Waals surface area contributed by atoms with E-state index in [1.54, 1.807) is 0 Å². The Labute approximate surface area is 293 Å². The monoisotopic (exact) mass is 654 g/mol. The molecular formula is C41H44Cl2Ti-4. The number of hydrogen-bond donors (Lipinski definition) is 0. The fourth-order valence-corrected chi connectivity index (χ4v) is 5.38. The van der Waals surface area contributed by atoms with Crippen LogP contribution in [0.5, 0.6) is 0 Å². The zero-order valence-corrected chi connectivity index (χ0v) is 29.2. The molecule has 0 unspecified atom stereocenters. The predicted molar refractivity (Wildman–Crippen MR) is 183 cm³/mol. The van der Waals surface area contributed by atoms with Crippen LogP contribution in [0, 0.1) is 13.8 Å². The van der Waals surface area contributed by atoms with E-state index < -0.39 is 0 Å². The number of fused-ring (bicyclic) bond motifs is 2. The number of unbranched alkanes of at least 4 members (excludes halogenated alkanes) is 2. The summed E-state index contributed by atoms with van der Waals surface area (Å²) < 4.78 is 0. The van der Waals surface area contributed by atoms with Crippen LogP contribution in [0.4, 0.5) is 0 Å². The second kappa shape index (κ2) is 21.2. The second-order valence-corrected chi connectivity index (χ2v) is 10.6. The van der Waals surface area contributed by atoms with Gasteiger partial charge in [-0.1, -0.05) is 123 Å². The molecule has 44 heavy (non-hydrogen) atoms. The van der Waals surface area contributed by atoms with Crippen molar-refractivity contribution in [3.8, 4) is 22.3 Å². The van der Waals surface area contributed by atoms with Crippen LogP contribution >= 0.6 is 0 Å². The van der Waals surface area contributed by atoms with E-state index in [2.05, 4.69) is 149 Å². The molecule has 6 aromatic carbocycles. The van der Waals surface area contributed by atoms with Crippen molar-refractivity contribution in [2.75, 3.05) is 0 Å². The summed E-state index contributed by atoms with van der Waals surface area (Å²) in [6.45, 7) is 11.2. The number of halogens is 2. The van der Waals surface area contributed by atoms with E-state index in [9.17, 15) is 0 Å². The van der Waals surface area contributed by atoms with Crippen molar-refractivity contribution in [1.29, 1.82) is 0 Å². The summed E-state index contributed by atoms with van der Waals surface area (Å²) in [4.78, 5) is 0. The van der Waals surface area contributed by atoms with Gasteiger partial charge in [-0.3, -0.25) is 0 Å². The summed E-state index contributed by atoms with van der Waals surface area (Å²) in [5.41, 5.74) is 8.25. The Bertz CT molecular complexity index is 1470. The van der Waals surface area contributed by atoms with E-state index in [1.165, 1.54) is 93.5 Å². The Morgan fingerprint density at radius 1 is 0.523 bits per heavy atom. The zero-order chi connectivity index (χ0) is 28.9. The first-order valence-electron chi connectivity index (χ1n) is 15.2. The molecule has 6 aromatic rings. The SMILES string of the molecule is CCCCc1cc2c(-c3ccccc3)cccc2[cH-]1.CCCCc1cc2c(-c3ccccc3)cccc2[cH-]1.[CH2-]C[CH2-].[Cl-].[Cl-].[Ti+2]. The molecule has 0 aliphatic rings. The Balaban J connectivity index is 0.000000380. The molecule has 0 aromatic heterocycles. The molecule has 0 spiro atoms. The van der Waals surface area contributed by atoms with Crippen molar-refractivity contribution in [3.63, 3.8) is 0 Å². The van der Waals surface area contributed by atoms with Crippen LogP contribution in [0.1, 0.15) is 57.1 Å². The third-order valence-corrected chi connectivity index (χ3v) is 7.43. The summed E-state index contributed by atoms with van der Waals surface area (Å²) >= 11 is 0. The third kappa shape index (κ3) is 10.8. The number of hydrogen-bond acceptors (Lipinski definition) is 0. The minimum Gasteiger partial charge on any atom is -1.00 e. The minimum atomic E-state index is 0. The van der Waals surface area contributed by atoms with Gasteiger partial charge in [-0.05, 0) is 24.0 Å². The molecule has 0 N–H and O–H groups in total. The molecule has 0 bridgehead atoms. The molecule has 0 aliphatic carbocycles. The molecule has 6 rings (SSSR count). The quantitative estimate of drug-likeness (QED) is 0.136. The van der Waals surface area contributed by atoms with E-state index in [1.807, 2.05) is 0 Å². The fourth-order valence-electron chi connectivity index (χ4n) is 5.38. The molecule has 0 atom stereocenters. The minimum absolute atomic E-state index is 0. The van der Waals surface area contributed by atoms with Crippen molar-refractivity contribution in [2.24, 2.45) is 0 Å². The van der Waals surface area contributed by atoms with Gasteiger partial charge in [-0.2, -0.15) is 12.1 Å². The Morgan fingerprint density at radius 3 is 1.23 bits per heavy atom. The van der Waals surface area contributed by atoms with Gasteiger partial charge in [0.15, 0.2) is 0 Å². The van der Waals surface area contributed by atoms with Crippen LogP contribution in [0.25, 0.3) is 43.8 Å². The zero-order valence-electron chi connectivity index (χ0n) is 26.2. The number of aryl methyl sites for hydroxylation is 2. The van der Waals surface area contributed by atoms with Crippen LogP contribution in [0.3, 0.4) is 0 Å². The van der Waals surface area contributed by atoms with Crippen LogP contribution in [-0.2, 0) is 34.6 Å². The molecule has 230 valence electrons. The number of rotatable bonds is 8. The van der Waals surface area contributed by atoms with Gasteiger partial charge < -0.3 is 45.1 Å². The normalized spacial score (nSPS) is 9.91. The Morgan fingerprint density at radius 2 is 0.886 bits per heavy atom. The van der Waals surface area contributed by atoms with Crippen LogP contribution in [-0.4, -0.2) is 0 Å². The first-order chi connectivity index (χ1) is 20.2. The van der Waals surface area contributed by atoms with Gasteiger partial charge in [-0.25, -0.2) is 0 Å². The molecule has 0 nitrogen and oxygen atoms in total. The largest absolute Gasteiger partial charge is 2.00 e. The maximum atomic E-state index is 3.38. The van der Waals surface area contributed by atoms with E-state index >= 15 is 0 Å². The molecule has 0 fully saturated rings. The predicted octanol–water partition coefficient (Wildman–Crippen LogP) is 6.19. The van der Waals surface area contributed by atoms with Crippen LogP contribution < -0.4 is 24.8 Å². The van der Waals surface area contributed by atoms with Crippen molar-refractivity contribution < 1.29 is 46.5 Å². The van der Waals surface area contributed by atoms with Gasteiger partial charge >= 0.3 is 21.7 Å². The van der Waals surface area contributed by atoms with Gasteiger partial charge in [-0.15, -0.1) is 69.1 Å². The smallest absolute Gasteiger partial charge is 1.00 e. The van der Waals surface area contributed by atoms with E-state index in [-0.39, 0.29) is 46.5 Å². The molecule has 3 heteroatoms. The maximum Gasteiger partial charge on any atom is 2.00 e. The first kappa shape index (κ1) is 39.4. The standard InChI is InChI=1S/2C19H19.C3H6.2ClH.Ti/c2*1-2-3-8-15-13-17-11-7-12-18(19(17)14-15)16-9-5-4-6-10-16;1-3-2;;;/h2*4-7,9-14H,2-3,8H2,1H3;1-3H2;2*1H;/q2*-1;-2;;;+2/p-2. The van der Waals surface area contributed by atoms with Crippen molar-refractivity contribution in [2.45, 2.75) is 58.8 Å². The molecular weight excluding hydrogens is 611 g/mol. The molecule has 0 aliphatic heterocycles. The Kier molecular flexibility index (Phi) is 19.0. The summed E-state index contributed by atoms with van der Waals surface area (Å²) in [5, 5.41) is 5.51. The van der Waals surface area contributed by atoms with E-state index in [4.69, 9.17) is 0 Å². The van der Waals surface area contributed by atoms with Crippen molar-refractivity contribution in [1.82, 2.24) is 0 Å². The van der Waals surface area contributed by atoms with Gasteiger partial charge in [0.05, 0.1) is 0 Å². The molecule has 0 saturated carbocycles. The average Bonchev–Trinajstić information content (AvgIpc) is 3.64. The van der Waals surface area contributed by atoms with E-state index in [0.717, 1.165) is 6.42 Å². The van der Waals surface area contributed by atoms with Crippen molar-refractivity contribution in [3.05, 3.63) is 146 Å². The summed E-state index contributed by atoms with van der Waals surface area (Å²) in [6, 6.07) is 44.0. The molecule has 0 heterocycles. The summed E-state index contributed by atoms with van der Waals surface area (Å²) in [5.74, 6) is 0. The van der Waals surface area contributed by atoms with Crippen LogP contribution in [0.2, 0.25) is 0 Å². The van der Waals surface area contributed by atoms with Gasteiger partial charge in [0, 0.05) is 0 Å². The maximum absolute atomic E-state index is 3.38. The second-order valence-electron chi connectivity index (χ2n) is 10.6.